The molecule has 2 rings (SSSR count). The first-order valence-electron chi connectivity index (χ1n) is 6.85. The van der Waals surface area contributed by atoms with Crippen molar-refractivity contribution in [3.05, 3.63) is 53.9 Å². The number of carbonyl (C=O) groups is 1. The van der Waals surface area contributed by atoms with E-state index >= 15 is 0 Å². The number of carbonyl (C=O) groups excluding carboxylic acids is 1. The second-order valence-corrected chi connectivity index (χ2v) is 4.80. The first-order chi connectivity index (χ1) is 10.1. The molecule has 0 aromatic heterocycles. The third-order valence-corrected chi connectivity index (χ3v) is 3.38. The SMILES string of the molecule is CCC1(OC)NC=C(C)C=C1NC(=O)Oc1ccccc1. The molecule has 1 atom stereocenters. The van der Waals surface area contributed by atoms with Crippen molar-refractivity contribution >= 4 is 6.09 Å². The molecule has 1 aliphatic heterocycles. The molecule has 21 heavy (non-hydrogen) atoms. The second kappa shape index (κ2) is 6.45. The van der Waals surface area contributed by atoms with Crippen LogP contribution in [-0.2, 0) is 4.74 Å². The number of hydrogen-bond donors (Lipinski definition) is 2. The van der Waals surface area contributed by atoms with E-state index in [1.54, 1.807) is 19.2 Å². The predicted octanol–water partition coefficient (Wildman–Crippen LogP) is 2.92. The van der Waals surface area contributed by atoms with Crippen LogP contribution in [0, 0.1) is 0 Å². The molecule has 1 aliphatic rings. The third kappa shape index (κ3) is 3.44. The van der Waals surface area contributed by atoms with Gasteiger partial charge in [0.25, 0.3) is 0 Å². The zero-order chi connectivity index (χ0) is 15.3. The van der Waals surface area contributed by atoms with E-state index in [0.717, 1.165) is 5.57 Å². The smallest absolute Gasteiger partial charge is 0.410 e. The van der Waals surface area contributed by atoms with Crippen LogP contribution in [0.4, 0.5) is 4.79 Å². The van der Waals surface area contributed by atoms with Gasteiger partial charge in [0.05, 0.1) is 5.70 Å². The van der Waals surface area contributed by atoms with Crippen molar-refractivity contribution in [2.75, 3.05) is 7.11 Å². The maximum absolute atomic E-state index is 12.0. The van der Waals surface area contributed by atoms with E-state index in [1.807, 2.05) is 44.3 Å². The van der Waals surface area contributed by atoms with Crippen molar-refractivity contribution in [1.29, 1.82) is 0 Å². The minimum atomic E-state index is -0.741. The largest absolute Gasteiger partial charge is 0.416 e. The summed E-state index contributed by atoms with van der Waals surface area (Å²) in [5, 5.41) is 5.94. The van der Waals surface area contributed by atoms with Crippen molar-refractivity contribution in [1.82, 2.24) is 10.6 Å². The minimum Gasteiger partial charge on any atom is -0.410 e. The topological polar surface area (TPSA) is 59.6 Å². The van der Waals surface area contributed by atoms with Gasteiger partial charge in [-0.2, -0.15) is 0 Å². The molecule has 5 heteroatoms. The lowest BCUT2D eigenvalue weighted by Gasteiger charge is -2.36. The zero-order valence-electron chi connectivity index (χ0n) is 12.5. The van der Waals surface area contributed by atoms with Crippen LogP contribution < -0.4 is 15.4 Å². The van der Waals surface area contributed by atoms with E-state index < -0.39 is 11.8 Å². The highest BCUT2D eigenvalue weighted by atomic mass is 16.6. The quantitative estimate of drug-likeness (QED) is 0.894. The minimum absolute atomic E-state index is 0.492. The number of amides is 1. The highest BCUT2D eigenvalue weighted by Gasteiger charge is 2.35. The standard InChI is InChI=1S/C16H20N2O3/c1-4-16(20-3)14(10-12(2)11-17-16)18-15(19)21-13-8-6-5-7-9-13/h5-11,17H,4H2,1-3H3,(H,18,19). The zero-order valence-corrected chi connectivity index (χ0v) is 12.5. The molecule has 112 valence electrons. The van der Waals surface area contributed by atoms with Crippen molar-refractivity contribution in [3.8, 4) is 5.75 Å². The molecule has 0 bridgehead atoms. The number of rotatable bonds is 4. The van der Waals surface area contributed by atoms with Crippen molar-refractivity contribution in [2.45, 2.75) is 26.0 Å². The molecule has 1 heterocycles. The number of nitrogens with one attached hydrogen (secondary N) is 2. The summed E-state index contributed by atoms with van der Waals surface area (Å²) in [7, 11) is 1.60. The lowest BCUT2D eigenvalue weighted by Crippen LogP contribution is -2.52. The molecule has 2 N–H and O–H groups in total. The van der Waals surface area contributed by atoms with E-state index in [2.05, 4.69) is 10.6 Å². The summed E-state index contributed by atoms with van der Waals surface area (Å²) in [6.07, 6.45) is 3.85. The molecule has 1 aromatic rings. The van der Waals surface area contributed by atoms with Gasteiger partial charge < -0.3 is 14.8 Å². The van der Waals surface area contributed by atoms with Crippen LogP contribution in [0.1, 0.15) is 20.3 Å². The number of ether oxygens (including phenoxy) is 2. The molecule has 0 saturated heterocycles. The second-order valence-electron chi connectivity index (χ2n) is 4.80. The van der Waals surface area contributed by atoms with Gasteiger partial charge in [0.1, 0.15) is 5.75 Å². The van der Waals surface area contributed by atoms with Gasteiger partial charge in [-0.1, -0.05) is 25.1 Å². The number of allylic oxidation sites excluding steroid dienone is 2. The molecule has 0 fully saturated rings. The maximum atomic E-state index is 12.0. The highest BCUT2D eigenvalue weighted by Crippen LogP contribution is 2.25. The van der Waals surface area contributed by atoms with E-state index in [-0.39, 0.29) is 0 Å². The van der Waals surface area contributed by atoms with Gasteiger partial charge in [0.15, 0.2) is 5.72 Å². The third-order valence-electron chi connectivity index (χ3n) is 3.38. The molecule has 0 radical (unpaired) electrons. The van der Waals surface area contributed by atoms with Gasteiger partial charge in [-0.3, -0.25) is 5.32 Å². The summed E-state index contributed by atoms with van der Waals surface area (Å²) in [4.78, 5) is 12.0. The number of benzene rings is 1. The van der Waals surface area contributed by atoms with Crippen LogP contribution in [0.5, 0.6) is 5.75 Å². The van der Waals surface area contributed by atoms with Gasteiger partial charge >= 0.3 is 6.09 Å². The molecule has 1 amide bonds. The van der Waals surface area contributed by atoms with Gasteiger partial charge in [-0.15, -0.1) is 0 Å². The molecule has 1 aromatic carbocycles. The Kier molecular flexibility index (Phi) is 4.65. The van der Waals surface area contributed by atoms with Gasteiger partial charge in [-0.05, 0) is 37.1 Å². The summed E-state index contributed by atoms with van der Waals surface area (Å²) in [5.41, 5.74) is 0.884. The first-order valence-corrected chi connectivity index (χ1v) is 6.85. The molecule has 1 unspecified atom stereocenters. The Morgan fingerprint density at radius 2 is 2.05 bits per heavy atom. The molecule has 0 aliphatic carbocycles. The Balaban J connectivity index is 2.12. The molecule has 0 spiro atoms. The first kappa shape index (κ1) is 15.1. The molecular weight excluding hydrogens is 268 g/mol. The Hall–Kier alpha value is -2.27. The Morgan fingerprint density at radius 3 is 2.67 bits per heavy atom. The van der Waals surface area contributed by atoms with Crippen molar-refractivity contribution in [3.63, 3.8) is 0 Å². The summed E-state index contributed by atoms with van der Waals surface area (Å²) >= 11 is 0. The number of methoxy groups -OCH3 is 1. The van der Waals surface area contributed by atoms with Crippen LogP contribution in [0.2, 0.25) is 0 Å². The van der Waals surface area contributed by atoms with E-state index in [0.29, 0.717) is 17.9 Å². The van der Waals surface area contributed by atoms with E-state index in [9.17, 15) is 4.79 Å². The fraction of sp³-hybridized carbons (Fsp3) is 0.312. The summed E-state index contributed by atoms with van der Waals surface area (Å²) in [6, 6.07) is 8.92. The molecular formula is C16H20N2O3. The van der Waals surface area contributed by atoms with Crippen LogP contribution in [0.15, 0.2) is 53.9 Å². The van der Waals surface area contributed by atoms with Crippen LogP contribution in [0.3, 0.4) is 0 Å². The maximum Gasteiger partial charge on any atom is 0.416 e. The van der Waals surface area contributed by atoms with Gasteiger partial charge in [0.2, 0.25) is 0 Å². The lowest BCUT2D eigenvalue weighted by atomic mass is 10.0. The number of dihydropyridines is 1. The Bertz CT molecular complexity index is 560. The molecule has 0 saturated carbocycles. The Labute approximate surface area is 124 Å². The van der Waals surface area contributed by atoms with E-state index in [4.69, 9.17) is 9.47 Å². The average Bonchev–Trinajstić information content (AvgIpc) is 2.49. The van der Waals surface area contributed by atoms with Gasteiger partial charge in [-0.25, -0.2) is 4.79 Å². The molecule has 5 nitrogen and oxygen atoms in total. The van der Waals surface area contributed by atoms with Crippen LogP contribution in [0.25, 0.3) is 0 Å². The summed E-state index contributed by atoms with van der Waals surface area (Å²) in [5.74, 6) is 0.492. The number of hydrogen-bond acceptors (Lipinski definition) is 4. The predicted molar refractivity (Wildman–Crippen MR) is 80.6 cm³/mol. The fourth-order valence-corrected chi connectivity index (χ4v) is 2.17. The summed E-state index contributed by atoms with van der Waals surface area (Å²) in [6.45, 7) is 3.91. The normalized spacial score (nSPS) is 20.9. The average molecular weight is 288 g/mol. The van der Waals surface area contributed by atoms with E-state index in [1.165, 1.54) is 0 Å². The summed E-state index contributed by atoms with van der Waals surface area (Å²) < 4.78 is 10.8. The Morgan fingerprint density at radius 1 is 1.33 bits per heavy atom. The fourth-order valence-electron chi connectivity index (χ4n) is 2.17. The van der Waals surface area contributed by atoms with Crippen molar-refractivity contribution < 1.29 is 14.3 Å². The van der Waals surface area contributed by atoms with Crippen LogP contribution in [-0.4, -0.2) is 18.9 Å². The van der Waals surface area contributed by atoms with Crippen molar-refractivity contribution in [2.24, 2.45) is 0 Å². The highest BCUT2D eigenvalue weighted by molar-refractivity contribution is 5.73. The number of para-hydroxylation sites is 1. The lowest BCUT2D eigenvalue weighted by molar-refractivity contribution is -0.00590. The monoisotopic (exact) mass is 288 g/mol. The van der Waals surface area contributed by atoms with Gasteiger partial charge in [0, 0.05) is 13.3 Å². The van der Waals surface area contributed by atoms with Crippen LogP contribution >= 0.6 is 0 Å².